The maximum absolute atomic E-state index is 11.8. The molecular weight excluding hydrogens is 240 g/mol. The Balaban J connectivity index is 2.71. The monoisotopic (exact) mass is 256 g/mol. The lowest BCUT2D eigenvalue weighted by molar-refractivity contribution is -0.121. The Morgan fingerprint density at radius 2 is 2.24 bits per heavy atom. The maximum Gasteiger partial charge on any atom is 0.227 e. The predicted molar refractivity (Wildman–Crippen MR) is 68.3 cm³/mol. The van der Waals surface area contributed by atoms with Crippen LogP contribution in [0.3, 0.4) is 0 Å². The van der Waals surface area contributed by atoms with Crippen molar-refractivity contribution in [3.8, 4) is 0 Å². The summed E-state index contributed by atoms with van der Waals surface area (Å²) in [6.07, 6.45) is 1.91. The number of ether oxygens (including phenoxy) is 1. The average Bonchev–Trinajstić information content (AvgIpc) is 2.23. The molecule has 1 amide bonds. The number of aryl methyl sites for hydroxylation is 1. The number of amides is 1. The van der Waals surface area contributed by atoms with Gasteiger partial charge in [0.1, 0.15) is 0 Å². The quantitative estimate of drug-likeness (QED) is 0.843. The van der Waals surface area contributed by atoms with E-state index in [1.807, 2.05) is 20.8 Å². The number of halogens is 1. The maximum atomic E-state index is 11.8. The van der Waals surface area contributed by atoms with Crippen molar-refractivity contribution in [1.29, 1.82) is 0 Å². The zero-order valence-corrected chi connectivity index (χ0v) is 11.3. The van der Waals surface area contributed by atoms with Crippen molar-refractivity contribution in [1.82, 2.24) is 4.98 Å². The Morgan fingerprint density at radius 3 is 2.82 bits per heavy atom. The van der Waals surface area contributed by atoms with E-state index in [9.17, 15) is 4.79 Å². The second-order valence-electron chi connectivity index (χ2n) is 4.54. The Labute approximate surface area is 106 Å². The van der Waals surface area contributed by atoms with Crippen LogP contribution in [-0.2, 0) is 9.53 Å². The third kappa shape index (κ3) is 4.32. The molecule has 1 aromatic heterocycles. The fourth-order valence-electron chi connectivity index (χ4n) is 1.29. The van der Waals surface area contributed by atoms with Crippen molar-refractivity contribution < 1.29 is 9.53 Å². The molecule has 94 valence electrons. The van der Waals surface area contributed by atoms with E-state index in [1.165, 1.54) is 0 Å². The number of nitrogens with zero attached hydrogens (tertiary/aromatic N) is 1. The van der Waals surface area contributed by atoms with E-state index < -0.39 is 5.60 Å². The molecule has 17 heavy (non-hydrogen) atoms. The van der Waals surface area contributed by atoms with Crippen LogP contribution in [0.2, 0.25) is 5.15 Å². The smallest absolute Gasteiger partial charge is 0.227 e. The van der Waals surface area contributed by atoms with E-state index in [1.54, 1.807) is 19.4 Å². The van der Waals surface area contributed by atoms with Gasteiger partial charge in [0.05, 0.1) is 17.7 Å². The Morgan fingerprint density at radius 1 is 1.59 bits per heavy atom. The number of aromatic nitrogens is 1. The third-order valence-electron chi connectivity index (χ3n) is 2.39. The molecule has 0 aliphatic heterocycles. The SMILES string of the molecule is COC(C)(C)CC(=O)Nc1cc(C)cnc1Cl. The van der Waals surface area contributed by atoms with E-state index in [-0.39, 0.29) is 12.3 Å². The van der Waals surface area contributed by atoms with Gasteiger partial charge in [0, 0.05) is 13.3 Å². The molecule has 1 N–H and O–H groups in total. The van der Waals surface area contributed by atoms with Crippen LogP contribution in [0.25, 0.3) is 0 Å². The number of carbonyl (C=O) groups excluding carboxylic acids is 1. The van der Waals surface area contributed by atoms with Crippen molar-refractivity contribution >= 4 is 23.2 Å². The second kappa shape index (κ2) is 5.47. The summed E-state index contributed by atoms with van der Waals surface area (Å²) in [7, 11) is 1.58. The van der Waals surface area contributed by atoms with Crippen molar-refractivity contribution in [3.63, 3.8) is 0 Å². The van der Waals surface area contributed by atoms with E-state index >= 15 is 0 Å². The number of nitrogens with one attached hydrogen (secondary N) is 1. The molecule has 1 heterocycles. The molecule has 0 saturated carbocycles. The summed E-state index contributed by atoms with van der Waals surface area (Å²) in [4.78, 5) is 15.7. The van der Waals surface area contributed by atoms with Crippen LogP contribution in [0.5, 0.6) is 0 Å². The molecule has 0 radical (unpaired) electrons. The average molecular weight is 257 g/mol. The number of pyridine rings is 1. The molecule has 0 saturated heterocycles. The first-order valence-electron chi connectivity index (χ1n) is 5.31. The van der Waals surface area contributed by atoms with Gasteiger partial charge < -0.3 is 10.1 Å². The van der Waals surface area contributed by atoms with Crippen LogP contribution in [0.15, 0.2) is 12.3 Å². The van der Waals surface area contributed by atoms with Gasteiger partial charge in [-0.25, -0.2) is 4.98 Å². The molecule has 4 nitrogen and oxygen atoms in total. The lowest BCUT2D eigenvalue weighted by Gasteiger charge is -2.22. The summed E-state index contributed by atoms with van der Waals surface area (Å²) in [5, 5.41) is 3.02. The van der Waals surface area contributed by atoms with Crippen molar-refractivity contribution in [2.45, 2.75) is 32.8 Å². The van der Waals surface area contributed by atoms with Crippen molar-refractivity contribution in [3.05, 3.63) is 23.0 Å². The zero-order chi connectivity index (χ0) is 13.1. The third-order valence-corrected chi connectivity index (χ3v) is 2.69. The van der Waals surface area contributed by atoms with Crippen LogP contribution < -0.4 is 5.32 Å². The molecule has 0 aromatic carbocycles. The number of carbonyl (C=O) groups is 1. The Bertz CT molecular complexity index is 419. The van der Waals surface area contributed by atoms with Gasteiger partial charge in [0.25, 0.3) is 0 Å². The topological polar surface area (TPSA) is 51.2 Å². The zero-order valence-electron chi connectivity index (χ0n) is 10.5. The molecule has 0 spiro atoms. The highest BCUT2D eigenvalue weighted by molar-refractivity contribution is 6.32. The fraction of sp³-hybridized carbons (Fsp3) is 0.500. The molecule has 5 heteroatoms. The Kier molecular flexibility index (Phi) is 4.48. The summed E-state index contributed by atoms with van der Waals surface area (Å²) >= 11 is 5.89. The Hall–Kier alpha value is -1.13. The molecule has 1 rings (SSSR count). The minimum atomic E-state index is -0.492. The lowest BCUT2D eigenvalue weighted by Crippen LogP contribution is -2.29. The molecule has 0 atom stereocenters. The number of hydrogen-bond acceptors (Lipinski definition) is 3. The first-order chi connectivity index (χ1) is 7.84. The van der Waals surface area contributed by atoms with Gasteiger partial charge in [0.2, 0.25) is 5.91 Å². The predicted octanol–water partition coefficient (Wildman–Crippen LogP) is 2.80. The van der Waals surface area contributed by atoms with Gasteiger partial charge in [-0.15, -0.1) is 0 Å². The fourth-order valence-corrected chi connectivity index (χ4v) is 1.44. The molecule has 0 bridgehead atoms. The number of rotatable bonds is 4. The van der Waals surface area contributed by atoms with E-state index in [0.29, 0.717) is 10.8 Å². The summed E-state index contributed by atoms with van der Waals surface area (Å²) in [5.74, 6) is -0.147. The lowest BCUT2D eigenvalue weighted by atomic mass is 10.0. The van der Waals surface area contributed by atoms with Gasteiger partial charge in [-0.3, -0.25) is 4.79 Å². The first-order valence-corrected chi connectivity index (χ1v) is 5.69. The van der Waals surface area contributed by atoms with Gasteiger partial charge >= 0.3 is 0 Å². The molecule has 0 unspecified atom stereocenters. The van der Waals surface area contributed by atoms with Gasteiger partial charge in [0.15, 0.2) is 5.15 Å². The van der Waals surface area contributed by atoms with Gasteiger partial charge in [-0.1, -0.05) is 11.6 Å². The number of methoxy groups -OCH3 is 1. The van der Waals surface area contributed by atoms with Gasteiger partial charge in [-0.2, -0.15) is 0 Å². The van der Waals surface area contributed by atoms with Crippen LogP contribution in [0.1, 0.15) is 25.8 Å². The number of hydrogen-bond donors (Lipinski definition) is 1. The highest BCUT2D eigenvalue weighted by Crippen LogP contribution is 2.21. The largest absolute Gasteiger partial charge is 0.378 e. The van der Waals surface area contributed by atoms with Crippen molar-refractivity contribution in [2.24, 2.45) is 0 Å². The van der Waals surface area contributed by atoms with Crippen LogP contribution >= 0.6 is 11.6 Å². The molecular formula is C12H17ClN2O2. The molecule has 1 aromatic rings. The van der Waals surface area contributed by atoms with E-state index in [0.717, 1.165) is 5.56 Å². The van der Waals surface area contributed by atoms with Crippen LogP contribution in [-0.4, -0.2) is 23.6 Å². The second-order valence-corrected chi connectivity index (χ2v) is 4.90. The summed E-state index contributed by atoms with van der Waals surface area (Å²) in [5.41, 5.74) is 0.979. The summed E-state index contributed by atoms with van der Waals surface area (Å²) in [6.45, 7) is 5.59. The summed E-state index contributed by atoms with van der Waals surface area (Å²) < 4.78 is 5.19. The van der Waals surface area contributed by atoms with Gasteiger partial charge in [-0.05, 0) is 32.4 Å². The van der Waals surface area contributed by atoms with Crippen LogP contribution in [0, 0.1) is 6.92 Å². The minimum absolute atomic E-state index is 0.147. The minimum Gasteiger partial charge on any atom is -0.378 e. The molecule has 0 aliphatic rings. The van der Waals surface area contributed by atoms with E-state index in [4.69, 9.17) is 16.3 Å². The van der Waals surface area contributed by atoms with Crippen molar-refractivity contribution in [2.75, 3.05) is 12.4 Å². The standard InChI is InChI=1S/C12H17ClN2O2/c1-8-5-9(11(13)14-7-8)15-10(16)6-12(2,3)17-4/h5,7H,6H2,1-4H3,(H,15,16). The summed E-state index contributed by atoms with van der Waals surface area (Å²) in [6, 6.07) is 1.78. The first kappa shape index (κ1) is 13.9. The molecule has 0 fully saturated rings. The highest BCUT2D eigenvalue weighted by atomic mass is 35.5. The van der Waals surface area contributed by atoms with E-state index in [2.05, 4.69) is 10.3 Å². The molecule has 0 aliphatic carbocycles. The number of anilines is 1. The highest BCUT2D eigenvalue weighted by Gasteiger charge is 2.21. The normalized spacial score (nSPS) is 11.4. The van der Waals surface area contributed by atoms with Crippen LogP contribution in [0.4, 0.5) is 5.69 Å².